The summed E-state index contributed by atoms with van der Waals surface area (Å²) in [5.74, 6) is 3.27. The number of hydrogen-bond acceptors (Lipinski definition) is 1. The molecule has 4 aliphatic rings. The van der Waals surface area contributed by atoms with Crippen LogP contribution in [0.1, 0.15) is 58.3 Å². The molecular weight excluding hydrogens is 222 g/mol. The minimum atomic E-state index is 0.411. The first kappa shape index (κ1) is 11.3. The molecular formula is C16H25NO. The lowest BCUT2D eigenvalue weighted by Gasteiger charge is -2.32. The number of rotatable bonds is 0. The first-order valence-electron chi connectivity index (χ1n) is 8.11. The highest BCUT2D eigenvalue weighted by Gasteiger charge is 2.59. The van der Waals surface area contributed by atoms with Gasteiger partial charge in [0.2, 0.25) is 5.91 Å². The summed E-state index contributed by atoms with van der Waals surface area (Å²) in [7, 11) is 0. The lowest BCUT2D eigenvalue weighted by molar-refractivity contribution is -0.134. The third-order valence-electron chi connectivity index (χ3n) is 6.50. The molecule has 1 amide bonds. The van der Waals surface area contributed by atoms with Crippen LogP contribution in [0.5, 0.6) is 0 Å². The molecule has 4 fully saturated rings. The highest BCUT2D eigenvalue weighted by molar-refractivity contribution is 5.83. The van der Waals surface area contributed by atoms with Crippen LogP contribution in [0.25, 0.3) is 0 Å². The van der Waals surface area contributed by atoms with E-state index in [9.17, 15) is 4.79 Å². The molecule has 0 spiro atoms. The maximum Gasteiger partial charge on any atom is 0.226 e. The molecule has 2 nitrogen and oxygen atoms in total. The van der Waals surface area contributed by atoms with E-state index >= 15 is 0 Å². The predicted octanol–water partition coefficient (Wildman–Crippen LogP) is 3.21. The van der Waals surface area contributed by atoms with Crippen molar-refractivity contribution in [3.63, 3.8) is 0 Å². The molecule has 0 N–H and O–H groups in total. The van der Waals surface area contributed by atoms with Gasteiger partial charge in [-0.15, -0.1) is 0 Å². The van der Waals surface area contributed by atoms with Gasteiger partial charge >= 0.3 is 0 Å². The van der Waals surface area contributed by atoms with E-state index in [1.54, 1.807) is 0 Å². The van der Waals surface area contributed by atoms with Crippen LogP contribution in [0.4, 0.5) is 0 Å². The average Bonchev–Trinajstić information content (AvgIpc) is 2.87. The Morgan fingerprint density at radius 3 is 2.44 bits per heavy atom. The summed E-state index contributed by atoms with van der Waals surface area (Å²) in [6.07, 6.45) is 10.6. The van der Waals surface area contributed by atoms with Gasteiger partial charge < -0.3 is 4.90 Å². The lowest BCUT2D eigenvalue weighted by atomic mass is 9.71. The molecule has 6 unspecified atom stereocenters. The number of amides is 1. The van der Waals surface area contributed by atoms with E-state index in [-0.39, 0.29) is 0 Å². The summed E-state index contributed by atoms with van der Waals surface area (Å²) in [5.41, 5.74) is 0. The zero-order valence-electron chi connectivity index (χ0n) is 11.5. The molecule has 18 heavy (non-hydrogen) atoms. The fourth-order valence-electron chi connectivity index (χ4n) is 5.80. The quantitative estimate of drug-likeness (QED) is 0.643. The number of nitrogens with zero attached hydrogens (tertiary/aromatic N) is 1. The maximum absolute atomic E-state index is 12.7. The molecule has 100 valence electrons. The van der Waals surface area contributed by atoms with E-state index in [1.807, 2.05) is 0 Å². The second kappa shape index (κ2) is 3.98. The Kier molecular flexibility index (Phi) is 2.50. The van der Waals surface area contributed by atoms with Gasteiger partial charge in [0.1, 0.15) is 0 Å². The molecule has 4 rings (SSSR count). The van der Waals surface area contributed by atoms with Gasteiger partial charge in [-0.1, -0.05) is 32.6 Å². The fraction of sp³-hybridized carbons (Fsp3) is 0.938. The van der Waals surface area contributed by atoms with Crippen LogP contribution in [-0.2, 0) is 4.79 Å². The second-order valence-electron chi connectivity index (χ2n) is 7.17. The van der Waals surface area contributed by atoms with E-state index in [0.717, 1.165) is 11.8 Å². The molecule has 2 aliphatic carbocycles. The highest BCUT2D eigenvalue weighted by Crippen LogP contribution is 2.54. The van der Waals surface area contributed by atoms with Gasteiger partial charge in [-0.05, 0) is 43.4 Å². The predicted molar refractivity (Wildman–Crippen MR) is 71.0 cm³/mol. The summed E-state index contributed by atoms with van der Waals surface area (Å²) in [5, 5.41) is 0. The van der Waals surface area contributed by atoms with Crippen LogP contribution < -0.4 is 0 Å². The molecule has 0 aromatic carbocycles. The van der Waals surface area contributed by atoms with Gasteiger partial charge in [0.15, 0.2) is 0 Å². The fourth-order valence-corrected chi connectivity index (χ4v) is 5.80. The monoisotopic (exact) mass is 247 g/mol. The van der Waals surface area contributed by atoms with Gasteiger partial charge in [0.05, 0.1) is 0 Å². The van der Waals surface area contributed by atoms with Gasteiger partial charge in [0, 0.05) is 18.0 Å². The zero-order valence-corrected chi connectivity index (χ0v) is 11.5. The Balaban J connectivity index is 1.69. The number of carbonyl (C=O) groups excluding carboxylic acids is 1. The standard InChI is InChI=1S/C16H25NO/c1-10-11-6-4-5-9-14(11)17-15(10)12-7-2-3-8-13(12)16(17)18/h10-15H,2-9H2,1H3. The summed E-state index contributed by atoms with van der Waals surface area (Å²) >= 11 is 0. The molecule has 2 aliphatic heterocycles. The van der Waals surface area contributed by atoms with E-state index in [0.29, 0.717) is 29.8 Å². The Morgan fingerprint density at radius 1 is 0.944 bits per heavy atom. The molecule has 2 saturated carbocycles. The summed E-state index contributed by atoms with van der Waals surface area (Å²) in [6, 6.07) is 1.24. The van der Waals surface area contributed by atoms with Crippen LogP contribution in [0.2, 0.25) is 0 Å². The van der Waals surface area contributed by atoms with Gasteiger partial charge in [0.25, 0.3) is 0 Å². The third-order valence-corrected chi connectivity index (χ3v) is 6.50. The molecule has 0 aromatic heterocycles. The van der Waals surface area contributed by atoms with Crippen molar-refractivity contribution in [2.75, 3.05) is 0 Å². The van der Waals surface area contributed by atoms with Crippen LogP contribution in [0.3, 0.4) is 0 Å². The SMILES string of the molecule is CC1C2CCCCC2N2C(=O)C3CCCCC3C12. The largest absolute Gasteiger partial charge is 0.336 e. The van der Waals surface area contributed by atoms with Crippen molar-refractivity contribution >= 4 is 5.91 Å². The maximum atomic E-state index is 12.7. The van der Waals surface area contributed by atoms with Crippen molar-refractivity contribution in [1.82, 2.24) is 4.90 Å². The van der Waals surface area contributed by atoms with Crippen molar-refractivity contribution in [2.45, 2.75) is 70.4 Å². The van der Waals surface area contributed by atoms with Crippen molar-refractivity contribution in [1.29, 1.82) is 0 Å². The van der Waals surface area contributed by atoms with Gasteiger partial charge in [-0.2, -0.15) is 0 Å². The van der Waals surface area contributed by atoms with E-state index in [1.165, 1.54) is 51.4 Å². The van der Waals surface area contributed by atoms with Crippen molar-refractivity contribution in [3.8, 4) is 0 Å². The minimum absolute atomic E-state index is 0.411. The Bertz CT molecular complexity index is 364. The Morgan fingerprint density at radius 2 is 1.61 bits per heavy atom. The van der Waals surface area contributed by atoms with E-state index in [2.05, 4.69) is 11.8 Å². The molecule has 2 heteroatoms. The summed E-state index contributed by atoms with van der Waals surface area (Å²) in [6.45, 7) is 2.44. The van der Waals surface area contributed by atoms with Gasteiger partial charge in [-0.25, -0.2) is 0 Å². The highest BCUT2D eigenvalue weighted by atomic mass is 16.2. The van der Waals surface area contributed by atoms with Crippen molar-refractivity contribution in [3.05, 3.63) is 0 Å². The van der Waals surface area contributed by atoms with Crippen LogP contribution in [0.15, 0.2) is 0 Å². The summed E-state index contributed by atoms with van der Waals surface area (Å²) < 4.78 is 0. The number of carbonyl (C=O) groups is 1. The second-order valence-corrected chi connectivity index (χ2v) is 7.17. The number of hydrogen-bond donors (Lipinski definition) is 0. The van der Waals surface area contributed by atoms with Crippen molar-refractivity contribution in [2.24, 2.45) is 23.7 Å². The van der Waals surface area contributed by atoms with E-state index in [4.69, 9.17) is 0 Å². The van der Waals surface area contributed by atoms with E-state index < -0.39 is 0 Å². The smallest absolute Gasteiger partial charge is 0.226 e. The molecule has 6 atom stereocenters. The first-order chi connectivity index (χ1) is 8.79. The normalized spacial score (nSPS) is 50.9. The zero-order chi connectivity index (χ0) is 12.3. The minimum Gasteiger partial charge on any atom is -0.336 e. The Labute approximate surface area is 110 Å². The topological polar surface area (TPSA) is 20.3 Å². The third kappa shape index (κ3) is 1.32. The first-order valence-corrected chi connectivity index (χ1v) is 8.11. The molecule has 2 heterocycles. The lowest BCUT2D eigenvalue weighted by Crippen LogP contribution is -2.39. The molecule has 0 radical (unpaired) electrons. The van der Waals surface area contributed by atoms with Crippen LogP contribution in [0, 0.1) is 23.7 Å². The van der Waals surface area contributed by atoms with Crippen molar-refractivity contribution < 1.29 is 4.79 Å². The molecule has 0 aromatic rings. The number of fused-ring (bicyclic) bond motifs is 5. The van der Waals surface area contributed by atoms with Crippen LogP contribution in [-0.4, -0.2) is 22.9 Å². The van der Waals surface area contributed by atoms with Crippen LogP contribution >= 0.6 is 0 Å². The Hall–Kier alpha value is -0.530. The molecule has 2 saturated heterocycles. The average molecular weight is 247 g/mol. The molecule has 0 bridgehead atoms. The van der Waals surface area contributed by atoms with Gasteiger partial charge in [-0.3, -0.25) is 4.79 Å². The summed E-state index contributed by atoms with van der Waals surface area (Å²) in [4.78, 5) is 15.1.